The molecular weight excluding hydrogens is 234 g/mol. The quantitative estimate of drug-likeness (QED) is 0.789. The van der Waals surface area contributed by atoms with Gasteiger partial charge in [-0.15, -0.1) is 0 Å². The molecule has 100 valence electrons. The van der Waals surface area contributed by atoms with Crippen molar-refractivity contribution in [3.63, 3.8) is 0 Å². The second-order valence-corrected chi connectivity index (χ2v) is 5.16. The van der Waals surface area contributed by atoms with E-state index in [0.717, 1.165) is 5.69 Å². The zero-order valence-electron chi connectivity index (χ0n) is 10.9. The van der Waals surface area contributed by atoms with E-state index in [1.54, 1.807) is 12.3 Å². The Morgan fingerprint density at radius 2 is 2.06 bits per heavy atom. The van der Waals surface area contributed by atoms with Gasteiger partial charge in [0.05, 0.1) is 5.56 Å². The van der Waals surface area contributed by atoms with Crippen LogP contribution in [0.1, 0.15) is 49.7 Å². The Balaban J connectivity index is 2.52. The van der Waals surface area contributed by atoms with Crippen molar-refractivity contribution >= 4 is 11.9 Å². The number of carboxylic acid groups (broad SMARTS) is 1. The van der Waals surface area contributed by atoms with Gasteiger partial charge in [0.2, 0.25) is 0 Å². The monoisotopic (exact) mass is 253 g/mol. The normalized spacial score (nSPS) is 11.3. The third-order valence-electron chi connectivity index (χ3n) is 2.21. The number of carboxylic acids is 1. The number of rotatable bonds is 5. The molecule has 0 saturated carbocycles. The first-order valence-corrected chi connectivity index (χ1v) is 5.90. The molecule has 0 aliphatic rings. The molecule has 5 heteroatoms. The van der Waals surface area contributed by atoms with E-state index in [9.17, 15) is 9.59 Å². The van der Waals surface area contributed by atoms with Crippen molar-refractivity contribution in [3.8, 4) is 0 Å². The van der Waals surface area contributed by atoms with Crippen molar-refractivity contribution in [2.24, 2.45) is 0 Å². The summed E-state index contributed by atoms with van der Waals surface area (Å²) in [4.78, 5) is 25.0. The summed E-state index contributed by atoms with van der Waals surface area (Å²) in [6, 6.07) is 1.70. The van der Waals surface area contributed by atoms with E-state index in [0.29, 0.717) is 18.4 Å². The molecule has 0 bridgehead atoms. The van der Waals surface area contributed by atoms with Crippen LogP contribution in [0.4, 0.5) is 0 Å². The summed E-state index contributed by atoms with van der Waals surface area (Å²) in [5.74, 6) is -1.18. The fourth-order valence-corrected chi connectivity index (χ4v) is 1.47. The lowest BCUT2D eigenvalue weighted by Gasteiger charge is -2.18. The second kappa shape index (κ2) is 5.71. The molecule has 0 spiro atoms. The molecule has 2 N–H and O–H groups in total. The SMILES string of the molecule is CC(C)(C)OC(=O)c1c[nH]c(CCCC(=O)O)c1. The topological polar surface area (TPSA) is 79.4 Å². The highest BCUT2D eigenvalue weighted by atomic mass is 16.6. The van der Waals surface area contributed by atoms with Crippen LogP contribution in [0.3, 0.4) is 0 Å². The summed E-state index contributed by atoms with van der Waals surface area (Å²) in [6.45, 7) is 5.43. The van der Waals surface area contributed by atoms with E-state index >= 15 is 0 Å². The minimum atomic E-state index is -0.811. The first-order chi connectivity index (χ1) is 8.28. The molecular formula is C13H19NO4. The lowest BCUT2D eigenvalue weighted by atomic mass is 10.1. The van der Waals surface area contributed by atoms with Crippen LogP contribution in [0.5, 0.6) is 0 Å². The number of carbonyl (C=O) groups is 2. The number of aromatic amines is 1. The predicted molar refractivity (Wildman–Crippen MR) is 66.5 cm³/mol. The van der Waals surface area contributed by atoms with Gasteiger partial charge in [0, 0.05) is 18.3 Å². The lowest BCUT2D eigenvalue weighted by molar-refractivity contribution is -0.137. The average Bonchev–Trinajstić information content (AvgIpc) is 2.63. The molecule has 0 amide bonds. The van der Waals surface area contributed by atoms with Crippen LogP contribution >= 0.6 is 0 Å². The highest BCUT2D eigenvalue weighted by Crippen LogP contribution is 2.14. The van der Waals surface area contributed by atoms with Gasteiger partial charge in [-0.05, 0) is 39.7 Å². The summed E-state index contributed by atoms with van der Waals surface area (Å²) in [5.41, 5.74) is 0.796. The van der Waals surface area contributed by atoms with E-state index in [4.69, 9.17) is 9.84 Å². The number of aryl methyl sites for hydroxylation is 1. The number of ether oxygens (including phenoxy) is 1. The summed E-state index contributed by atoms with van der Waals surface area (Å²) < 4.78 is 5.23. The molecule has 0 aromatic carbocycles. The van der Waals surface area contributed by atoms with Crippen LogP contribution in [-0.2, 0) is 16.0 Å². The molecule has 18 heavy (non-hydrogen) atoms. The van der Waals surface area contributed by atoms with Gasteiger partial charge in [-0.1, -0.05) is 0 Å². The Morgan fingerprint density at radius 1 is 1.39 bits per heavy atom. The van der Waals surface area contributed by atoms with Gasteiger partial charge in [-0.2, -0.15) is 0 Å². The number of hydrogen-bond donors (Lipinski definition) is 2. The van der Waals surface area contributed by atoms with E-state index in [1.165, 1.54) is 0 Å². The maximum Gasteiger partial charge on any atom is 0.340 e. The highest BCUT2D eigenvalue weighted by molar-refractivity contribution is 5.89. The number of nitrogens with one attached hydrogen (secondary N) is 1. The van der Waals surface area contributed by atoms with Crippen molar-refractivity contribution in [2.75, 3.05) is 0 Å². The molecule has 0 saturated heterocycles. The molecule has 0 radical (unpaired) electrons. The zero-order valence-corrected chi connectivity index (χ0v) is 10.9. The van der Waals surface area contributed by atoms with E-state index in [2.05, 4.69) is 4.98 Å². The maximum absolute atomic E-state index is 11.7. The number of carbonyl (C=O) groups excluding carboxylic acids is 1. The van der Waals surface area contributed by atoms with Crippen LogP contribution in [0.25, 0.3) is 0 Å². The van der Waals surface area contributed by atoms with Crippen LogP contribution in [0, 0.1) is 0 Å². The molecule has 0 atom stereocenters. The predicted octanol–water partition coefficient (Wildman–Crippen LogP) is 2.38. The lowest BCUT2D eigenvalue weighted by Crippen LogP contribution is -2.23. The van der Waals surface area contributed by atoms with Crippen LogP contribution in [-0.4, -0.2) is 27.6 Å². The number of aromatic nitrogens is 1. The van der Waals surface area contributed by atoms with Crippen LogP contribution < -0.4 is 0 Å². The molecule has 0 unspecified atom stereocenters. The molecule has 1 heterocycles. The molecule has 1 aromatic heterocycles. The van der Waals surface area contributed by atoms with Crippen molar-refractivity contribution in [3.05, 3.63) is 23.5 Å². The first kappa shape index (κ1) is 14.3. The molecule has 0 aliphatic carbocycles. The molecule has 1 rings (SSSR count). The van der Waals surface area contributed by atoms with E-state index in [1.807, 2.05) is 20.8 Å². The Morgan fingerprint density at radius 3 is 2.61 bits per heavy atom. The summed E-state index contributed by atoms with van der Waals surface area (Å²) in [6.07, 6.45) is 2.86. The summed E-state index contributed by atoms with van der Waals surface area (Å²) in [7, 11) is 0. The Hall–Kier alpha value is -1.78. The zero-order chi connectivity index (χ0) is 13.8. The summed E-state index contributed by atoms with van der Waals surface area (Å²) in [5, 5.41) is 8.53. The Bertz CT molecular complexity index is 428. The smallest absolute Gasteiger partial charge is 0.340 e. The Labute approximate surface area is 106 Å². The van der Waals surface area contributed by atoms with Gasteiger partial charge >= 0.3 is 11.9 Å². The third-order valence-corrected chi connectivity index (χ3v) is 2.21. The van der Waals surface area contributed by atoms with Gasteiger partial charge in [0.15, 0.2) is 0 Å². The average molecular weight is 253 g/mol. The molecule has 5 nitrogen and oxygen atoms in total. The fourth-order valence-electron chi connectivity index (χ4n) is 1.47. The highest BCUT2D eigenvalue weighted by Gasteiger charge is 2.18. The van der Waals surface area contributed by atoms with Crippen LogP contribution in [0.2, 0.25) is 0 Å². The number of esters is 1. The van der Waals surface area contributed by atoms with Crippen molar-refractivity contribution < 1.29 is 19.4 Å². The first-order valence-electron chi connectivity index (χ1n) is 5.90. The van der Waals surface area contributed by atoms with E-state index in [-0.39, 0.29) is 12.4 Å². The van der Waals surface area contributed by atoms with Gasteiger partial charge < -0.3 is 14.8 Å². The minimum Gasteiger partial charge on any atom is -0.481 e. The van der Waals surface area contributed by atoms with E-state index < -0.39 is 11.6 Å². The number of H-pyrrole nitrogens is 1. The second-order valence-electron chi connectivity index (χ2n) is 5.16. The van der Waals surface area contributed by atoms with Crippen molar-refractivity contribution in [2.45, 2.75) is 45.6 Å². The van der Waals surface area contributed by atoms with Gasteiger partial charge in [0.25, 0.3) is 0 Å². The molecule has 1 aromatic rings. The van der Waals surface area contributed by atoms with Crippen molar-refractivity contribution in [1.82, 2.24) is 4.98 Å². The number of hydrogen-bond acceptors (Lipinski definition) is 3. The fraction of sp³-hybridized carbons (Fsp3) is 0.538. The Kier molecular flexibility index (Phi) is 4.53. The molecule has 0 aliphatic heterocycles. The third kappa shape index (κ3) is 5.03. The maximum atomic E-state index is 11.7. The molecule has 0 fully saturated rings. The summed E-state index contributed by atoms with van der Waals surface area (Å²) >= 11 is 0. The van der Waals surface area contributed by atoms with Gasteiger partial charge in [-0.25, -0.2) is 4.79 Å². The number of aliphatic carboxylic acids is 1. The minimum absolute atomic E-state index is 0.126. The van der Waals surface area contributed by atoms with Gasteiger partial charge in [-0.3, -0.25) is 4.79 Å². The van der Waals surface area contributed by atoms with Crippen molar-refractivity contribution in [1.29, 1.82) is 0 Å². The van der Waals surface area contributed by atoms with Gasteiger partial charge in [0.1, 0.15) is 5.60 Å². The van der Waals surface area contributed by atoms with Crippen LogP contribution in [0.15, 0.2) is 12.3 Å². The standard InChI is InChI=1S/C13H19NO4/c1-13(2,3)18-12(17)9-7-10(14-8-9)5-4-6-11(15)16/h7-8,14H,4-6H2,1-3H3,(H,15,16). The largest absolute Gasteiger partial charge is 0.481 e.